The third-order valence-corrected chi connectivity index (χ3v) is 6.06. The van der Waals surface area contributed by atoms with Crippen LogP contribution in [0.4, 0.5) is 0 Å². The van der Waals surface area contributed by atoms with Gasteiger partial charge in [-0.2, -0.15) is 0 Å². The molecule has 1 aromatic carbocycles. The molecule has 0 unspecified atom stereocenters. The summed E-state index contributed by atoms with van der Waals surface area (Å²) in [6.07, 6.45) is 7.69. The lowest BCUT2D eigenvalue weighted by atomic mass is 10.1. The molecule has 1 saturated carbocycles. The molecule has 2 aliphatic heterocycles. The van der Waals surface area contributed by atoms with E-state index in [0.29, 0.717) is 10.4 Å². The van der Waals surface area contributed by atoms with Gasteiger partial charge in [-0.1, -0.05) is 42.9 Å². The average Bonchev–Trinajstić information content (AvgIpc) is 3.19. The Balaban J connectivity index is 1.58. The van der Waals surface area contributed by atoms with Gasteiger partial charge in [-0.25, -0.2) is 0 Å². The second kappa shape index (κ2) is 5.95. The van der Waals surface area contributed by atoms with Crippen LogP contribution < -0.4 is 4.74 Å². The predicted octanol–water partition coefficient (Wildman–Crippen LogP) is 4.15. The fourth-order valence-corrected chi connectivity index (χ4v) is 5.04. The van der Waals surface area contributed by atoms with Crippen molar-refractivity contribution < 1.29 is 9.53 Å². The summed E-state index contributed by atoms with van der Waals surface area (Å²) >= 11 is 6.88. The van der Waals surface area contributed by atoms with Gasteiger partial charge in [0.15, 0.2) is 0 Å². The molecule has 3 aliphatic rings. The van der Waals surface area contributed by atoms with E-state index in [2.05, 4.69) is 13.0 Å². The Hall–Kier alpha value is -1.33. The van der Waals surface area contributed by atoms with Crippen LogP contribution in [0, 0.1) is 0 Å². The van der Waals surface area contributed by atoms with Crippen molar-refractivity contribution in [1.82, 2.24) is 4.90 Å². The molecule has 0 N–H and O–H groups in total. The van der Waals surface area contributed by atoms with E-state index in [1.807, 2.05) is 23.1 Å². The number of nitrogens with zero attached hydrogens (tertiary/aromatic N) is 1. The highest BCUT2D eigenvalue weighted by Crippen LogP contribution is 2.38. The van der Waals surface area contributed by atoms with Crippen LogP contribution in [0.25, 0.3) is 6.08 Å². The lowest BCUT2D eigenvalue weighted by Crippen LogP contribution is -2.36. The van der Waals surface area contributed by atoms with E-state index < -0.39 is 0 Å². The highest BCUT2D eigenvalue weighted by atomic mass is 32.2. The zero-order valence-corrected chi connectivity index (χ0v) is 14.7. The second-order valence-corrected chi connectivity index (χ2v) is 8.17. The molecule has 1 aromatic rings. The average molecular weight is 345 g/mol. The summed E-state index contributed by atoms with van der Waals surface area (Å²) in [5.74, 6) is 1.05. The standard InChI is InChI=1S/C18H19NO2S2/c1-11-8-13-9-12(6-7-15(13)21-11)10-16-17(20)19(18(22)23-16)14-4-2-3-5-14/h6-7,9-11,14H,2-5,8H2,1H3/b16-10+/t11-/m0/s1. The third kappa shape index (κ3) is 2.81. The van der Waals surface area contributed by atoms with E-state index in [4.69, 9.17) is 17.0 Å². The van der Waals surface area contributed by atoms with Crippen LogP contribution in [0.3, 0.4) is 0 Å². The summed E-state index contributed by atoms with van der Waals surface area (Å²) in [6.45, 7) is 2.08. The first-order valence-corrected chi connectivity index (χ1v) is 9.41. The van der Waals surface area contributed by atoms with Gasteiger partial charge in [-0.15, -0.1) is 0 Å². The van der Waals surface area contributed by atoms with E-state index in [0.717, 1.165) is 35.5 Å². The molecular weight excluding hydrogens is 326 g/mol. The largest absolute Gasteiger partial charge is 0.490 e. The maximum Gasteiger partial charge on any atom is 0.266 e. The maximum atomic E-state index is 12.7. The topological polar surface area (TPSA) is 29.5 Å². The van der Waals surface area contributed by atoms with E-state index in [9.17, 15) is 4.79 Å². The van der Waals surface area contributed by atoms with E-state index >= 15 is 0 Å². The van der Waals surface area contributed by atoms with Crippen LogP contribution in [-0.4, -0.2) is 27.3 Å². The summed E-state index contributed by atoms with van der Waals surface area (Å²) < 4.78 is 6.45. The molecule has 5 heteroatoms. The van der Waals surface area contributed by atoms with Gasteiger partial charge < -0.3 is 4.74 Å². The maximum absolute atomic E-state index is 12.7. The number of fused-ring (bicyclic) bond motifs is 1. The molecule has 1 aliphatic carbocycles. The highest BCUT2D eigenvalue weighted by molar-refractivity contribution is 8.26. The smallest absolute Gasteiger partial charge is 0.266 e. The molecule has 1 saturated heterocycles. The Labute approximate surface area is 146 Å². The van der Waals surface area contributed by atoms with Gasteiger partial charge in [0.05, 0.1) is 4.91 Å². The van der Waals surface area contributed by atoms with Gasteiger partial charge in [0.1, 0.15) is 16.2 Å². The minimum absolute atomic E-state index is 0.0806. The number of thiocarbonyl (C=S) groups is 1. The Morgan fingerprint density at radius 3 is 2.91 bits per heavy atom. The second-order valence-electron chi connectivity index (χ2n) is 6.49. The summed E-state index contributed by atoms with van der Waals surface area (Å²) in [5.41, 5.74) is 2.27. The number of hydrogen-bond acceptors (Lipinski definition) is 4. The minimum atomic E-state index is 0.0806. The molecule has 4 rings (SSSR count). The summed E-state index contributed by atoms with van der Waals surface area (Å²) in [6, 6.07) is 6.45. The quantitative estimate of drug-likeness (QED) is 0.595. The first-order valence-electron chi connectivity index (χ1n) is 8.18. The van der Waals surface area contributed by atoms with E-state index in [-0.39, 0.29) is 12.0 Å². The first-order chi connectivity index (χ1) is 11.1. The number of amides is 1. The van der Waals surface area contributed by atoms with E-state index in [1.54, 1.807) is 0 Å². The molecule has 2 heterocycles. The van der Waals surface area contributed by atoms with Crippen LogP contribution in [0.5, 0.6) is 5.75 Å². The minimum Gasteiger partial charge on any atom is -0.490 e. The number of hydrogen-bond donors (Lipinski definition) is 0. The zero-order valence-electron chi connectivity index (χ0n) is 13.1. The Morgan fingerprint density at radius 1 is 1.35 bits per heavy atom. The number of thioether (sulfide) groups is 1. The van der Waals surface area contributed by atoms with Crippen LogP contribution in [-0.2, 0) is 11.2 Å². The van der Waals surface area contributed by atoms with Crippen LogP contribution in [0.15, 0.2) is 23.1 Å². The van der Waals surface area contributed by atoms with Crippen molar-refractivity contribution in [2.24, 2.45) is 0 Å². The molecular formula is C18H19NO2S2. The normalized spacial score (nSPS) is 26.2. The molecule has 2 fully saturated rings. The number of carbonyl (C=O) groups excluding carboxylic acids is 1. The Bertz CT molecular complexity index is 707. The third-order valence-electron chi connectivity index (χ3n) is 4.73. The summed E-state index contributed by atoms with van der Waals surface area (Å²) in [4.78, 5) is 15.3. The SMILES string of the molecule is C[C@H]1Cc2cc(/C=C3/SC(=S)N(C4CCCC4)C3=O)ccc2O1. The summed E-state index contributed by atoms with van der Waals surface area (Å²) in [7, 11) is 0. The van der Waals surface area contributed by atoms with Gasteiger partial charge in [0.2, 0.25) is 0 Å². The van der Waals surface area contributed by atoms with Crippen molar-refractivity contribution in [3.05, 3.63) is 34.2 Å². The lowest BCUT2D eigenvalue weighted by molar-refractivity contribution is -0.123. The van der Waals surface area contributed by atoms with Gasteiger partial charge in [0, 0.05) is 12.5 Å². The molecule has 23 heavy (non-hydrogen) atoms. The molecule has 1 atom stereocenters. The molecule has 0 aromatic heterocycles. The molecule has 1 amide bonds. The van der Waals surface area contributed by atoms with Crippen molar-refractivity contribution in [1.29, 1.82) is 0 Å². The molecule has 120 valence electrons. The van der Waals surface area contributed by atoms with Crippen molar-refractivity contribution in [3.63, 3.8) is 0 Å². The first kappa shape index (κ1) is 15.2. The zero-order chi connectivity index (χ0) is 16.0. The van der Waals surface area contributed by atoms with Crippen LogP contribution >= 0.6 is 24.0 Å². The number of rotatable bonds is 2. The van der Waals surface area contributed by atoms with Crippen LogP contribution in [0.2, 0.25) is 0 Å². The van der Waals surface area contributed by atoms with Gasteiger partial charge in [-0.3, -0.25) is 9.69 Å². The number of benzene rings is 1. The van der Waals surface area contributed by atoms with Crippen molar-refractivity contribution >= 4 is 40.3 Å². The van der Waals surface area contributed by atoms with Crippen molar-refractivity contribution in [3.8, 4) is 5.75 Å². The Morgan fingerprint density at radius 2 is 2.13 bits per heavy atom. The Kier molecular flexibility index (Phi) is 3.93. The summed E-state index contributed by atoms with van der Waals surface area (Å²) in [5, 5.41) is 0. The fourth-order valence-electron chi connectivity index (χ4n) is 3.64. The van der Waals surface area contributed by atoms with E-state index in [1.165, 1.54) is 30.2 Å². The van der Waals surface area contributed by atoms with Crippen molar-refractivity contribution in [2.75, 3.05) is 0 Å². The van der Waals surface area contributed by atoms with Crippen molar-refractivity contribution in [2.45, 2.75) is 51.2 Å². The molecule has 3 nitrogen and oxygen atoms in total. The monoisotopic (exact) mass is 345 g/mol. The van der Waals surface area contributed by atoms with Gasteiger partial charge in [0.25, 0.3) is 5.91 Å². The van der Waals surface area contributed by atoms with Crippen LogP contribution in [0.1, 0.15) is 43.7 Å². The van der Waals surface area contributed by atoms with Gasteiger partial charge >= 0.3 is 0 Å². The molecule has 0 radical (unpaired) electrons. The predicted molar refractivity (Wildman–Crippen MR) is 97.5 cm³/mol. The fraction of sp³-hybridized carbons (Fsp3) is 0.444. The molecule has 0 spiro atoms. The molecule has 0 bridgehead atoms. The van der Waals surface area contributed by atoms with Gasteiger partial charge in [-0.05, 0) is 49.1 Å². The lowest BCUT2D eigenvalue weighted by Gasteiger charge is -2.21. The number of carbonyl (C=O) groups is 1. The highest BCUT2D eigenvalue weighted by Gasteiger charge is 2.38. The number of ether oxygens (including phenoxy) is 1.